The van der Waals surface area contributed by atoms with Crippen molar-refractivity contribution in [3.8, 4) is 0 Å². The zero-order valence-electron chi connectivity index (χ0n) is 14.3. The van der Waals surface area contributed by atoms with Crippen LogP contribution in [0.1, 0.15) is 32.1 Å². The molecule has 0 heterocycles. The average Bonchev–Trinajstić information content (AvgIpc) is 2.52. The van der Waals surface area contributed by atoms with Gasteiger partial charge in [-0.2, -0.15) is 48.3 Å². The minimum atomic E-state index is -7.34. The van der Waals surface area contributed by atoms with Crippen molar-refractivity contribution in [3.05, 3.63) is 12.7 Å². The van der Waals surface area contributed by atoms with Crippen LogP contribution in [-0.2, 0) is 0 Å². The molecule has 3 atom stereocenters. The summed E-state index contributed by atoms with van der Waals surface area (Å²) in [5, 5.41) is 0. The molecule has 0 saturated heterocycles. The molecule has 4 rings (SSSR count). The number of alkyl halides is 11. The summed E-state index contributed by atoms with van der Waals surface area (Å²) in [6.07, 6.45) is -6.32. The minimum Gasteiger partial charge on any atom is -0.199 e. The standard InChI is InChI=1S/C17H17F11/c1-2-11-10-4-8-3-9(5-10)7-12(11,6-8)13(18,19)14(20,21)15(22,23)16(24,25)17(26,27)28/h2,8-11H,1,3-7H2. The Hall–Kier alpha value is -1.03. The van der Waals surface area contributed by atoms with Gasteiger partial charge in [0.2, 0.25) is 0 Å². The van der Waals surface area contributed by atoms with E-state index in [4.69, 9.17) is 0 Å². The van der Waals surface area contributed by atoms with Crippen LogP contribution in [0.2, 0.25) is 0 Å². The summed E-state index contributed by atoms with van der Waals surface area (Å²) in [5.74, 6) is -30.3. The first-order valence-electron chi connectivity index (χ1n) is 8.67. The van der Waals surface area contributed by atoms with Crippen LogP contribution >= 0.6 is 0 Å². The van der Waals surface area contributed by atoms with Gasteiger partial charge in [0.15, 0.2) is 0 Å². The highest BCUT2D eigenvalue weighted by atomic mass is 19.4. The van der Waals surface area contributed by atoms with Gasteiger partial charge in [0.25, 0.3) is 0 Å². The number of halogens is 11. The molecule has 4 saturated carbocycles. The first-order chi connectivity index (χ1) is 12.5. The van der Waals surface area contributed by atoms with Crippen LogP contribution in [0.5, 0.6) is 0 Å². The Kier molecular flexibility index (Phi) is 4.47. The van der Waals surface area contributed by atoms with Gasteiger partial charge in [-0.25, -0.2) is 0 Å². The molecule has 3 unspecified atom stereocenters. The molecule has 28 heavy (non-hydrogen) atoms. The van der Waals surface area contributed by atoms with Crippen LogP contribution < -0.4 is 0 Å². The molecule has 0 amide bonds. The molecule has 4 aliphatic rings. The Bertz CT molecular complexity index is 634. The highest BCUT2D eigenvalue weighted by Gasteiger charge is 2.90. The van der Waals surface area contributed by atoms with Crippen molar-refractivity contribution in [3.63, 3.8) is 0 Å². The Morgan fingerprint density at radius 1 is 0.679 bits per heavy atom. The zero-order valence-corrected chi connectivity index (χ0v) is 14.3. The Balaban J connectivity index is 2.11. The first kappa shape index (κ1) is 21.7. The van der Waals surface area contributed by atoms with Crippen LogP contribution in [0.3, 0.4) is 0 Å². The predicted octanol–water partition coefficient (Wildman–Crippen LogP) is 6.72. The molecule has 4 fully saturated rings. The molecule has 0 aromatic carbocycles. The number of hydrogen-bond donors (Lipinski definition) is 0. The van der Waals surface area contributed by atoms with Crippen LogP contribution in [0.15, 0.2) is 12.7 Å². The lowest BCUT2D eigenvalue weighted by molar-refractivity contribution is -0.440. The van der Waals surface area contributed by atoms with Gasteiger partial charge in [0.1, 0.15) is 0 Å². The van der Waals surface area contributed by atoms with Gasteiger partial charge >= 0.3 is 29.9 Å². The Morgan fingerprint density at radius 3 is 1.54 bits per heavy atom. The number of allylic oxidation sites excluding steroid dienone is 1. The molecule has 0 aliphatic heterocycles. The van der Waals surface area contributed by atoms with Crippen LogP contribution in [0, 0.1) is 29.1 Å². The van der Waals surface area contributed by atoms with Crippen molar-refractivity contribution < 1.29 is 48.3 Å². The monoisotopic (exact) mass is 430 g/mol. The van der Waals surface area contributed by atoms with E-state index >= 15 is 8.78 Å². The van der Waals surface area contributed by atoms with E-state index in [1.54, 1.807) is 0 Å². The van der Waals surface area contributed by atoms with Crippen molar-refractivity contribution in [2.75, 3.05) is 0 Å². The van der Waals surface area contributed by atoms with E-state index in [0.29, 0.717) is 19.3 Å². The molecule has 0 spiro atoms. The molecule has 0 aromatic rings. The van der Waals surface area contributed by atoms with Crippen molar-refractivity contribution in [1.29, 1.82) is 0 Å². The van der Waals surface area contributed by atoms with Crippen molar-refractivity contribution >= 4 is 0 Å². The smallest absolute Gasteiger partial charge is 0.199 e. The fourth-order valence-corrected chi connectivity index (χ4v) is 5.85. The number of hydrogen-bond acceptors (Lipinski definition) is 0. The third-order valence-electron chi connectivity index (χ3n) is 6.81. The molecule has 0 radical (unpaired) electrons. The molecule has 0 N–H and O–H groups in total. The zero-order chi connectivity index (χ0) is 21.6. The fourth-order valence-electron chi connectivity index (χ4n) is 5.85. The average molecular weight is 430 g/mol. The van der Waals surface area contributed by atoms with Gasteiger partial charge in [-0.1, -0.05) is 6.08 Å². The molecular weight excluding hydrogens is 413 g/mol. The lowest BCUT2D eigenvalue weighted by atomic mass is 9.42. The van der Waals surface area contributed by atoms with Gasteiger partial charge in [0, 0.05) is 5.41 Å². The summed E-state index contributed by atoms with van der Waals surface area (Å²) in [4.78, 5) is 0. The molecule has 4 bridgehead atoms. The number of rotatable bonds is 5. The van der Waals surface area contributed by atoms with Crippen molar-refractivity contribution in [1.82, 2.24) is 0 Å². The Morgan fingerprint density at radius 2 is 1.14 bits per heavy atom. The second-order valence-electron chi connectivity index (χ2n) is 8.32. The highest BCUT2D eigenvalue weighted by Crippen LogP contribution is 2.72. The molecule has 11 heteroatoms. The van der Waals surface area contributed by atoms with E-state index < -0.39 is 71.8 Å². The van der Waals surface area contributed by atoms with Crippen molar-refractivity contribution in [2.45, 2.75) is 62.0 Å². The minimum absolute atomic E-state index is 0.381. The molecule has 4 aliphatic carbocycles. The van der Waals surface area contributed by atoms with Gasteiger partial charge in [0.05, 0.1) is 0 Å². The normalized spacial score (nSPS) is 36.7. The summed E-state index contributed by atoms with van der Waals surface area (Å²) in [6, 6.07) is 0. The van der Waals surface area contributed by atoms with Crippen LogP contribution in [0.4, 0.5) is 48.3 Å². The predicted molar refractivity (Wildman–Crippen MR) is 75.5 cm³/mol. The maximum absolute atomic E-state index is 15.0. The van der Waals surface area contributed by atoms with Gasteiger partial charge in [-0.3, -0.25) is 0 Å². The second-order valence-corrected chi connectivity index (χ2v) is 8.32. The fraction of sp³-hybridized carbons (Fsp3) is 0.882. The summed E-state index contributed by atoms with van der Waals surface area (Å²) in [7, 11) is 0. The Labute approximate surface area is 153 Å². The third-order valence-corrected chi connectivity index (χ3v) is 6.81. The van der Waals surface area contributed by atoms with Gasteiger partial charge in [-0.05, 0) is 55.8 Å². The van der Waals surface area contributed by atoms with E-state index in [0.717, 1.165) is 6.08 Å². The molecule has 0 aromatic heterocycles. The quantitative estimate of drug-likeness (QED) is 0.336. The highest BCUT2D eigenvalue weighted by molar-refractivity contribution is 5.20. The van der Waals surface area contributed by atoms with E-state index in [1.807, 2.05) is 0 Å². The molecular formula is C17H17F11. The van der Waals surface area contributed by atoms with Crippen LogP contribution in [0.25, 0.3) is 0 Å². The first-order valence-corrected chi connectivity index (χ1v) is 8.67. The summed E-state index contributed by atoms with van der Waals surface area (Å²) < 4.78 is 150. The molecule has 162 valence electrons. The van der Waals surface area contributed by atoms with Gasteiger partial charge in [-0.15, -0.1) is 6.58 Å². The summed E-state index contributed by atoms with van der Waals surface area (Å²) in [5.41, 5.74) is -2.84. The second kappa shape index (κ2) is 5.77. The van der Waals surface area contributed by atoms with E-state index in [2.05, 4.69) is 6.58 Å². The third kappa shape index (κ3) is 2.36. The van der Waals surface area contributed by atoms with Gasteiger partial charge < -0.3 is 0 Å². The van der Waals surface area contributed by atoms with Crippen LogP contribution in [-0.4, -0.2) is 29.9 Å². The van der Waals surface area contributed by atoms with E-state index in [1.165, 1.54) is 0 Å². The maximum atomic E-state index is 15.0. The van der Waals surface area contributed by atoms with Crippen molar-refractivity contribution in [2.24, 2.45) is 29.1 Å². The lowest BCUT2D eigenvalue weighted by Crippen LogP contribution is -2.73. The largest absolute Gasteiger partial charge is 0.460 e. The molecule has 0 nitrogen and oxygen atoms in total. The maximum Gasteiger partial charge on any atom is 0.460 e. The van der Waals surface area contributed by atoms with E-state index in [9.17, 15) is 39.5 Å². The topological polar surface area (TPSA) is 0 Å². The SMILES string of the molecule is C=CC1C2CC3CC(C2)CC1(C(F)(F)C(F)(F)C(F)(F)C(F)(F)C(F)(F)F)C3. The van der Waals surface area contributed by atoms with E-state index in [-0.39, 0.29) is 0 Å². The summed E-state index contributed by atoms with van der Waals surface area (Å²) >= 11 is 0. The lowest BCUT2D eigenvalue weighted by Gasteiger charge is -2.63. The summed E-state index contributed by atoms with van der Waals surface area (Å²) in [6.45, 7) is 3.30.